The third kappa shape index (κ3) is 2.15. The molecule has 2 rings (SSSR count). The minimum Gasteiger partial charge on any atom is -0.480 e. The van der Waals surface area contributed by atoms with Gasteiger partial charge in [-0.1, -0.05) is 6.07 Å². The molecule has 1 aliphatic heterocycles. The largest absolute Gasteiger partial charge is 0.480 e. The molecule has 0 aromatic carbocycles. The van der Waals surface area contributed by atoms with Crippen molar-refractivity contribution in [3.05, 3.63) is 29.6 Å². The number of carbonyl (C=O) groups is 1. The maximum Gasteiger partial charge on any atom is 0.320 e. The van der Waals surface area contributed by atoms with Gasteiger partial charge >= 0.3 is 5.97 Å². The van der Waals surface area contributed by atoms with E-state index in [-0.39, 0.29) is 6.04 Å². The Balaban J connectivity index is 2.07. The van der Waals surface area contributed by atoms with E-state index in [0.29, 0.717) is 6.42 Å². The molecule has 1 aromatic heterocycles. The van der Waals surface area contributed by atoms with Gasteiger partial charge in [0.25, 0.3) is 0 Å². The van der Waals surface area contributed by atoms with Crippen LogP contribution in [0.1, 0.15) is 30.1 Å². The molecule has 80 valence electrons. The second-order valence-electron chi connectivity index (χ2n) is 3.92. The molecule has 0 bridgehead atoms. The van der Waals surface area contributed by atoms with E-state index in [1.165, 1.54) is 0 Å². The summed E-state index contributed by atoms with van der Waals surface area (Å²) >= 11 is 0. The normalized spacial score (nSPS) is 25.4. The van der Waals surface area contributed by atoms with Crippen molar-refractivity contribution in [3.63, 3.8) is 0 Å². The van der Waals surface area contributed by atoms with Crippen molar-refractivity contribution in [2.24, 2.45) is 0 Å². The van der Waals surface area contributed by atoms with Crippen molar-refractivity contribution in [3.8, 4) is 0 Å². The summed E-state index contributed by atoms with van der Waals surface area (Å²) < 4.78 is 0. The number of aromatic nitrogens is 1. The van der Waals surface area contributed by atoms with E-state index in [1.54, 1.807) is 0 Å². The summed E-state index contributed by atoms with van der Waals surface area (Å²) in [6, 6.07) is 3.69. The van der Waals surface area contributed by atoms with E-state index < -0.39 is 12.0 Å². The summed E-state index contributed by atoms with van der Waals surface area (Å²) in [5, 5.41) is 11.9. The van der Waals surface area contributed by atoms with Crippen molar-refractivity contribution < 1.29 is 9.90 Å². The SMILES string of the molecule is Cc1ccc(C2CCC(C(=O)O)N2)cn1. The zero-order valence-corrected chi connectivity index (χ0v) is 8.60. The molecule has 0 spiro atoms. The monoisotopic (exact) mass is 206 g/mol. The Hall–Kier alpha value is -1.42. The summed E-state index contributed by atoms with van der Waals surface area (Å²) in [7, 11) is 0. The van der Waals surface area contributed by atoms with Crippen LogP contribution in [-0.4, -0.2) is 22.1 Å². The second-order valence-corrected chi connectivity index (χ2v) is 3.92. The molecule has 1 fully saturated rings. The van der Waals surface area contributed by atoms with Crippen LogP contribution in [0.5, 0.6) is 0 Å². The van der Waals surface area contributed by atoms with Gasteiger partial charge in [-0.05, 0) is 31.4 Å². The maximum absolute atomic E-state index is 10.8. The average Bonchev–Trinajstić information content (AvgIpc) is 2.68. The molecule has 1 saturated heterocycles. The van der Waals surface area contributed by atoms with Gasteiger partial charge < -0.3 is 5.11 Å². The number of aliphatic carboxylic acids is 1. The zero-order chi connectivity index (χ0) is 10.8. The number of aryl methyl sites for hydroxylation is 1. The lowest BCUT2D eigenvalue weighted by Crippen LogP contribution is -2.31. The third-order valence-electron chi connectivity index (χ3n) is 2.78. The van der Waals surface area contributed by atoms with Crippen LogP contribution < -0.4 is 5.32 Å². The van der Waals surface area contributed by atoms with E-state index in [1.807, 2.05) is 25.3 Å². The first-order valence-corrected chi connectivity index (χ1v) is 5.08. The van der Waals surface area contributed by atoms with Gasteiger partial charge in [0.15, 0.2) is 0 Å². The van der Waals surface area contributed by atoms with Crippen molar-refractivity contribution in [2.45, 2.75) is 31.8 Å². The highest BCUT2D eigenvalue weighted by Crippen LogP contribution is 2.25. The van der Waals surface area contributed by atoms with E-state index in [9.17, 15) is 4.79 Å². The smallest absolute Gasteiger partial charge is 0.320 e. The van der Waals surface area contributed by atoms with Crippen LogP contribution in [0.2, 0.25) is 0 Å². The predicted molar refractivity (Wildman–Crippen MR) is 55.5 cm³/mol. The topological polar surface area (TPSA) is 62.2 Å². The van der Waals surface area contributed by atoms with Crippen molar-refractivity contribution in [1.82, 2.24) is 10.3 Å². The summed E-state index contributed by atoms with van der Waals surface area (Å²) in [6.07, 6.45) is 3.37. The first-order valence-electron chi connectivity index (χ1n) is 5.08. The molecule has 0 saturated carbocycles. The number of carboxylic acid groups (broad SMARTS) is 1. The van der Waals surface area contributed by atoms with Crippen LogP contribution in [0.15, 0.2) is 18.3 Å². The van der Waals surface area contributed by atoms with Crippen molar-refractivity contribution in [1.29, 1.82) is 0 Å². The Morgan fingerprint density at radius 3 is 2.87 bits per heavy atom. The van der Waals surface area contributed by atoms with Gasteiger partial charge in [0.05, 0.1) is 0 Å². The summed E-state index contributed by atoms with van der Waals surface area (Å²) in [6.45, 7) is 1.94. The fourth-order valence-corrected chi connectivity index (χ4v) is 1.89. The Bertz CT molecular complexity index is 361. The van der Waals surface area contributed by atoms with E-state index >= 15 is 0 Å². The molecule has 2 unspecified atom stereocenters. The van der Waals surface area contributed by atoms with Crippen LogP contribution >= 0.6 is 0 Å². The van der Waals surface area contributed by atoms with Crippen LogP contribution in [0.25, 0.3) is 0 Å². The minimum atomic E-state index is -0.766. The van der Waals surface area contributed by atoms with Gasteiger partial charge in [0.2, 0.25) is 0 Å². The fourth-order valence-electron chi connectivity index (χ4n) is 1.89. The molecule has 0 radical (unpaired) electrons. The lowest BCUT2D eigenvalue weighted by molar-refractivity contribution is -0.139. The van der Waals surface area contributed by atoms with Crippen LogP contribution in [0.4, 0.5) is 0 Å². The Morgan fingerprint density at radius 1 is 1.53 bits per heavy atom. The highest BCUT2D eigenvalue weighted by Gasteiger charge is 2.29. The molecule has 2 atom stereocenters. The first kappa shape index (κ1) is 10.1. The average molecular weight is 206 g/mol. The summed E-state index contributed by atoms with van der Waals surface area (Å²) in [4.78, 5) is 15.0. The van der Waals surface area contributed by atoms with Gasteiger partial charge in [-0.3, -0.25) is 15.1 Å². The molecule has 4 nitrogen and oxygen atoms in total. The van der Waals surface area contributed by atoms with Crippen molar-refractivity contribution >= 4 is 5.97 Å². The van der Waals surface area contributed by atoms with Gasteiger partial charge in [-0.2, -0.15) is 0 Å². The van der Waals surface area contributed by atoms with Crippen LogP contribution in [-0.2, 0) is 4.79 Å². The number of hydrogen-bond acceptors (Lipinski definition) is 3. The maximum atomic E-state index is 10.8. The second kappa shape index (κ2) is 3.98. The van der Waals surface area contributed by atoms with Crippen LogP contribution in [0.3, 0.4) is 0 Å². The molecule has 15 heavy (non-hydrogen) atoms. The lowest BCUT2D eigenvalue weighted by Gasteiger charge is -2.11. The summed E-state index contributed by atoms with van der Waals surface area (Å²) in [5.74, 6) is -0.766. The minimum absolute atomic E-state index is 0.138. The predicted octanol–water partition coefficient (Wildman–Crippen LogP) is 1.27. The first-order chi connectivity index (χ1) is 7.16. The Morgan fingerprint density at radius 2 is 2.33 bits per heavy atom. The third-order valence-corrected chi connectivity index (χ3v) is 2.78. The van der Waals surface area contributed by atoms with E-state index in [4.69, 9.17) is 5.11 Å². The zero-order valence-electron chi connectivity index (χ0n) is 8.60. The van der Waals surface area contributed by atoms with Gasteiger partial charge in [0, 0.05) is 17.9 Å². The van der Waals surface area contributed by atoms with Gasteiger partial charge in [-0.25, -0.2) is 0 Å². The molecule has 0 aliphatic carbocycles. The number of nitrogens with one attached hydrogen (secondary N) is 1. The van der Waals surface area contributed by atoms with Gasteiger partial charge in [-0.15, -0.1) is 0 Å². The molecule has 2 heterocycles. The molecule has 1 aliphatic rings. The Labute approximate surface area is 88.3 Å². The highest BCUT2D eigenvalue weighted by molar-refractivity contribution is 5.73. The molecule has 1 aromatic rings. The Kier molecular flexibility index (Phi) is 2.68. The molecular weight excluding hydrogens is 192 g/mol. The van der Waals surface area contributed by atoms with E-state index in [2.05, 4.69) is 10.3 Å². The van der Waals surface area contributed by atoms with Gasteiger partial charge in [0.1, 0.15) is 6.04 Å². The fraction of sp³-hybridized carbons (Fsp3) is 0.455. The molecule has 2 N–H and O–H groups in total. The van der Waals surface area contributed by atoms with E-state index in [0.717, 1.165) is 17.7 Å². The number of carboxylic acids is 1. The number of nitrogens with zero attached hydrogens (tertiary/aromatic N) is 1. The van der Waals surface area contributed by atoms with Crippen LogP contribution in [0, 0.1) is 6.92 Å². The van der Waals surface area contributed by atoms with Crippen molar-refractivity contribution in [2.75, 3.05) is 0 Å². The highest BCUT2D eigenvalue weighted by atomic mass is 16.4. The quantitative estimate of drug-likeness (QED) is 0.764. The number of pyridine rings is 1. The summed E-state index contributed by atoms with van der Waals surface area (Å²) in [5.41, 5.74) is 2.05. The number of rotatable bonds is 2. The standard InChI is InChI=1S/C11H14N2O2/c1-7-2-3-8(6-12-7)9-4-5-10(13-9)11(14)15/h2-3,6,9-10,13H,4-5H2,1H3,(H,14,15). The molecule has 4 heteroatoms. The molecule has 0 amide bonds. The number of hydrogen-bond donors (Lipinski definition) is 2. The lowest BCUT2D eigenvalue weighted by atomic mass is 10.1. The molecular formula is C11H14N2O2.